The van der Waals surface area contributed by atoms with E-state index in [-0.39, 0.29) is 6.61 Å². The summed E-state index contributed by atoms with van der Waals surface area (Å²) in [7, 11) is 1.52. The van der Waals surface area contributed by atoms with E-state index in [1.807, 2.05) is 6.07 Å². The highest BCUT2D eigenvalue weighted by Crippen LogP contribution is 2.23. The number of ether oxygens (including phenoxy) is 1. The maximum atomic E-state index is 9.03. The second-order valence-corrected chi connectivity index (χ2v) is 3.00. The predicted octanol–water partition coefficient (Wildman–Crippen LogP) is 1.84. The molecule has 0 aliphatic heterocycles. The van der Waals surface area contributed by atoms with Gasteiger partial charge in [-0.3, -0.25) is 0 Å². The summed E-state index contributed by atoms with van der Waals surface area (Å²) in [6, 6.07) is 7.17. The van der Waals surface area contributed by atoms with Crippen LogP contribution in [0.25, 0.3) is 11.5 Å². The first-order valence-corrected chi connectivity index (χ1v) is 4.54. The second-order valence-electron chi connectivity index (χ2n) is 3.00. The first kappa shape index (κ1) is 9.73. The number of hydrogen-bond donors (Lipinski definition) is 1. The van der Waals surface area contributed by atoms with E-state index in [2.05, 4.69) is 4.98 Å². The first-order chi connectivity index (χ1) is 7.35. The van der Waals surface area contributed by atoms with E-state index < -0.39 is 0 Å². The van der Waals surface area contributed by atoms with Crippen molar-refractivity contribution in [3.05, 3.63) is 36.1 Å². The molecular weight excluding hydrogens is 194 g/mol. The highest BCUT2D eigenvalue weighted by atomic mass is 16.5. The molecule has 0 aromatic carbocycles. The van der Waals surface area contributed by atoms with Gasteiger partial charge in [0.2, 0.25) is 5.88 Å². The molecule has 2 aromatic rings. The minimum Gasteiger partial charge on any atom is -0.481 e. The van der Waals surface area contributed by atoms with E-state index >= 15 is 0 Å². The Labute approximate surface area is 87.1 Å². The lowest BCUT2D eigenvalue weighted by Gasteiger charge is -2.05. The summed E-state index contributed by atoms with van der Waals surface area (Å²) in [6.45, 7) is -0.0887. The lowest BCUT2D eigenvalue weighted by atomic mass is 10.2. The van der Waals surface area contributed by atoms with Gasteiger partial charge >= 0.3 is 0 Å². The molecule has 0 amide bonds. The lowest BCUT2D eigenvalue weighted by molar-refractivity contribution is 0.271. The Bertz CT molecular complexity index is 437. The van der Waals surface area contributed by atoms with Crippen molar-refractivity contribution < 1.29 is 14.3 Å². The molecule has 0 unspecified atom stereocenters. The summed E-state index contributed by atoms with van der Waals surface area (Å²) in [6.07, 6.45) is 1.59. The van der Waals surface area contributed by atoms with Crippen LogP contribution < -0.4 is 4.74 Å². The standard InChI is InChI=1S/C11H11NO3/c1-14-11-8(7-13)4-5-9(12-11)10-3-2-6-15-10/h2-6,13H,7H2,1H3. The highest BCUT2D eigenvalue weighted by Gasteiger charge is 2.08. The Morgan fingerprint density at radius 1 is 1.40 bits per heavy atom. The van der Waals surface area contributed by atoms with Crippen molar-refractivity contribution in [3.63, 3.8) is 0 Å². The molecule has 0 saturated heterocycles. The van der Waals surface area contributed by atoms with Crippen molar-refractivity contribution in [1.29, 1.82) is 0 Å². The van der Waals surface area contributed by atoms with Gasteiger partial charge in [0.25, 0.3) is 0 Å². The van der Waals surface area contributed by atoms with Crippen LogP contribution in [0.1, 0.15) is 5.56 Å². The Morgan fingerprint density at radius 2 is 2.27 bits per heavy atom. The summed E-state index contributed by atoms with van der Waals surface area (Å²) >= 11 is 0. The van der Waals surface area contributed by atoms with E-state index in [4.69, 9.17) is 14.3 Å². The molecule has 1 N–H and O–H groups in total. The van der Waals surface area contributed by atoms with Crippen molar-refractivity contribution in [3.8, 4) is 17.3 Å². The van der Waals surface area contributed by atoms with Gasteiger partial charge in [0.1, 0.15) is 5.69 Å². The SMILES string of the molecule is COc1nc(-c2ccco2)ccc1CO. The number of nitrogens with zero attached hydrogens (tertiary/aromatic N) is 1. The fraction of sp³-hybridized carbons (Fsp3) is 0.182. The maximum absolute atomic E-state index is 9.03. The van der Waals surface area contributed by atoms with E-state index in [0.29, 0.717) is 22.9 Å². The predicted molar refractivity (Wildman–Crippen MR) is 54.4 cm³/mol. The van der Waals surface area contributed by atoms with Crippen LogP contribution in [-0.4, -0.2) is 17.2 Å². The Kier molecular flexibility index (Phi) is 2.69. The minimum absolute atomic E-state index is 0.0887. The van der Waals surface area contributed by atoms with Crippen LogP contribution in [0.5, 0.6) is 5.88 Å². The largest absolute Gasteiger partial charge is 0.481 e. The number of hydrogen-bond acceptors (Lipinski definition) is 4. The molecule has 0 aliphatic carbocycles. The van der Waals surface area contributed by atoms with Crippen LogP contribution in [0.2, 0.25) is 0 Å². The van der Waals surface area contributed by atoms with Gasteiger partial charge in [0.15, 0.2) is 5.76 Å². The van der Waals surface area contributed by atoms with Crippen LogP contribution in [-0.2, 0) is 6.61 Å². The molecule has 0 radical (unpaired) electrons. The van der Waals surface area contributed by atoms with Crippen LogP contribution in [0, 0.1) is 0 Å². The van der Waals surface area contributed by atoms with Crippen molar-refractivity contribution in [2.75, 3.05) is 7.11 Å². The summed E-state index contributed by atoms with van der Waals surface area (Å²) < 4.78 is 10.3. The van der Waals surface area contributed by atoms with Crippen LogP contribution in [0.4, 0.5) is 0 Å². The third kappa shape index (κ3) is 1.85. The molecule has 4 nitrogen and oxygen atoms in total. The third-order valence-corrected chi connectivity index (χ3v) is 2.08. The summed E-state index contributed by atoms with van der Waals surface area (Å²) in [4.78, 5) is 4.23. The Balaban J connectivity index is 2.43. The number of pyridine rings is 1. The normalized spacial score (nSPS) is 10.3. The van der Waals surface area contributed by atoms with Gasteiger partial charge in [-0.05, 0) is 24.3 Å². The molecule has 0 fully saturated rings. The zero-order valence-corrected chi connectivity index (χ0v) is 8.30. The van der Waals surface area contributed by atoms with Gasteiger partial charge in [0.05, 0.1) is 20.0 Å². The van der Waals surface area contributed by atoms with Crippen molar-refractivity contribution >= 4 is 0 Å². The summed E-state index contributed by atoms with van der Waals surface area (Å²) in [5.41, 5.74) is 1.35. The molecule has 0 saturated carbocycles. The van der Waals surface area contributed by atoms with Gasteiger partial charge in [0, 0.05) is 5.56 Å². The second kappa shape index (κ2) is 4.14. The number of aliphatic hydroxyl groups is 1. The highest BCUT2D eigenvalue weighted by molar-refractivity contribution is 5.53. The summed E-state index contributed by atoms with van der Waals surface area (Å²) in [5.74, 6) is 1.10. The smallest absolute Gasteiger partial charge is 0.219 e. The minimum atomic E-state index is -0.0887. The maximum Gasteiger partial charge on any atom is 0.219 e. The third-order valence-electron chi connectivity index (χ3n) is 2.08. The average molecular weight is 205 g/mol. The fourth-order valence-corrected chi connectivity index (χ4v) is 1.33. The first-order valence-electron chi connectivity index (χ1n) is 4.54. The summed E-state index contributed by atoms with van der Waals surface area (Å²) in [5, 5.41) is 9.03. The zero-order chi connectivity index (χ0) is 10.7. The quantitative estimate of drug-likeness (QED) is 0.830. The van der Waals surface area contributed by atoms with E-state index in [0.717, 1.165) is 0 Å². The van der Waals surface area contributed by atoms with Gasteiger partial charge in [-0.25, -0.2) is 4.98 Å². The molecule has 4 heteroatoms. The average Bonchev–Trinajstić information content (AvgIpc) is 2.81. The molecular formula is C11H11NO3. The molecule has 0 atom stereocenters. The van der Waals surface area contributed by atoms with Crippen LogP contribution >= 0.6 is 0 Å². The number of rotatable bonds is 3. The number of aromatic nitrogens is 1. The van der Waals surface area contributed by atoms with Gasteiger partial charge in [-0.1, -0.05) is 0 Å². The molecule has 0 aliphatic rings. The van der Waals surface area contributed by atoms with E-state index in [1.165, 1.54) is 7.11 Å². The zero-order valence-electron chi connectivity index (χ0n) is 8.30. The van der Waals surface area contributed by atoms with Gasteiger partial charge in [-0.2, -0.15) is 0 Å². The van der Waals surface area contributed by atoms with Crippen LogP contribution in [0.3, 0.4) is 0 Å². The van der Waals surface area contributed by atoms with E-state index in [1.54, 1.807) is 24.5 Å². The lowest BCUT2D eigenvalue weighted by Crippen LogP contribution is -1.96. The fourth-order valence-electron chi connectivity index (χ4n) is 1.33. The molecule has 2 aromatic heterocycles. The Morgan fingerprint density at radius 3 is 2.87 bits per heavy atom. The molecule has 0 spiro atoms. The van der Waals surface area contributed by atoms with Crippen molar-refractivity contribution in [1.82, 2.24) is 4.98 Å². The van der Waals surface area contributed by atoms with Crippen molar-refractivity contribution in [2.24, 2.45) is 0 Å². The number of furan rings is 1. The van der Waals surface area contributed by atoms with Gasteiger partial charge < -0.3 is 14.3 Å². The monoisotopic (exact) mass is 205 g/mol. The topological polar surface area (TPSA) is 55.5 Å². The number of methoxy groups -OCH3 is 1. The number of aliphatic hydroxyl groups excluding tert-OH is 1. The molecule has 2 heterocycles. The molecule has 15 heavy (non-hydrogen) atoms. The van der Waals surface area contributed by atoms with Crippen LogP contribution in [0.15, 0.2) is 34.9 Å². The molecule has 78 valence electrons. The van der Waals surface area contributed by atoms with Crippen molar-refractivity contribution in [2.45, 2.75) is 6.61 Å². The Hall–Kier alpha value is -1.81. The molecule has 2 rings (SSSR count). The molecule has 0 bridgehead atoms. The van der Waals surface area contributed by atoms with Gasteiger partial charge in [-0.15, -0.1) is 0 Å². The van der Waals surface area contributed by atoms with E-state index in [9.17, 15) is 0 Å².